The molecule has 2 rings (SSSR count). The Morgan fingerprint density at radius 3 is 1.77 bits per heavy atom. The summed E-state index contributed by atoms with van der Waals surface area (Å²) in [5.41, 5.74) is 3.47. The third-order valence-electron chi connectivity index (χ3n) is 5.78. The highest BCUT2D eigenvalue weighted by Crippen LogP contribution is 2.17. The van der Waals surface area contributed by atoms with Gasteiger partial charge in [-0.15, -0.1) is 0 Å². The number of benzene rings is 2. The highest BCUT2D eigenvalue weighted by atomic mass is 16.4. The standard InChI is InChI=1S/C28H39NO2/c1-2-3-4-5-6-7-8-9-10-11-12-13-14-24-17-21-27(22-18-24)29-23-25-15-19-26(20-16-25)28(30)31/h15-23H,2-14H2,1H3,(H,30,31). The summed E-state index contributed by atoms with van der Waals surface area (Å²) < 4.78 is 0. The van der Waals surface area contributed by atoms with Crippen LogP contribution in [0.4, 0.5) is 5.69 Å². The summed E-state index contributed by atoms with van der Waals surface area (Å²) in [6.07, 6.45) is 19.5. The van der Waals surface area contributed by atoms with E-state index in [2.05, 4.69) is 36.2 Å². The molecule has 0 amide bonds. The van der Waals surface area contributed by atoms with Gasteiger partial charge in [0.2, 0.25) is 0 Å². The molecule has 0 heterocycles. The molecule has 2 aromatic rings. The topological polar surface area (TPSA) is 49.7 Å². The Kier molecular flexibility index (Phi) is 12.3. The number of aliphatic imine (C=N–C) groups is 1. The van der Waals surface area contributed by atoms with Crippen LogP contribution in [0, 0.1) is 0 Å². The first-order chi connectivity index (χ1) is 15.2. The molecule has 0 radical (unpaired) electrons. The van der Waals surface area contributed by atoms with Gasteiger partial charge in [0.1, 0.15) is 0 Å². The Morgan fingerprint density at radius 2 is 1.26 bits per heavy atom. The summed E-state index contributed by atoms with van der Waals surface area (Å²) in [7, 11) is 0. The minimum atomic E-state index is -0.910. The van der Waals surface area contributed by atoms with E-state index in [1.165, 1.54) is 82.6 Å². The zero-order valence-corrected chi connectivity index (χ0v) is 19.2. The van der Waals surface area contributed by atoms with E-state index < -0.39 is 5.97 Å². The quantitative estimate of drug-likeness (QED) is 0.218. The van der Waals surface area contributed by atoms with Crippen molar-refractivity contribution in [3.63, 3.8) is 0 Å². The number of aryl methyl sites for hydroxylation is 1. The molecule has 3 heteroatoms. The fourth-order valence-electron chi connectivity index (χ4n) is 3.78. The van der Waals surface area contributed by atoms with Gasteiger partial charge in [-0.2, -0.15) is 0 Å². The number of nitrogens with zero attached hydrogens (tertiary/aromatic N) is 1. The maximum Gasteiger partial charge on any atom is 0.335 e. The van der Waals surface area contributed by atoms with Gasteiger partial charge in [-0.05, 0) is 48.2 Å². The largest absolute Gasteiger partial charge is 0.478 e. The predicted molar refractivity (Wildman–Crippen MR) is 132 cm³/mol. The van der Waals surface area contributed by atoms with Crippen molar-refractivity contribution < 1.29 is 9.90 Å². The van der Waals surface area contributed by atoms with Crippen LogP contribution in [0.1, 0.15) is 105 Å². The lowest BCUT2D eigenvalue weighted by atomic mass is 10.0. The van der Waals surface area contributed by atoms with Crippen molar-refractivity contribution in [3.05, 3.63) is 65.2 Å². The van der Waals surface area contributed by atoms with Gasteiger partial charge >= 0.3 is 5.97 Å². The van der Waals surface area contributed by atoms with Crippen LogP contribution in [0.5, 0.6) is 0 Å². The van der Waals surface area contributed by atoms with Crippen LogP contribution in [-0.2, 0) is 6.42 Å². The van der Waals surface area contributed by atoms with E-state index in [9.17, 15) is 4.79 Å². The molecule has 0 bridgehead atoms. The van der Waals surface area contributed by atoms with Crippen molar-refractivity contribution in [2.24, 2.45) is 4.99 Å². The Morgan fingerprint density at radius 1 is 0.742 bits per heavy atom. The number of aromatic carboxylic acids is 1. The van der Waals surface area contributed by atoms with E-state index >= 15 is 0 Å². The SMILES string of the molecule is CCCCCCCCCCCCCCc1ccc(N=Cc2ccc(C(=O)O)cc2)cc1. The third-order valence-corrected chi connectivity index (χ3v) is 5.78. The molecule has 2 aromatic carbocycles. The van der Waals surface area contributed by atoms with Crippen molar-refractivity contribution in [2.45, 2.75) is 90.4 Å². The van der Waals surface area contributed by atoms with Crippen LogP contribution >= 0.6 is 0 Å². The minimum absolute atomic E-state index is 0.291. The molecule has 0 aliphatic carbocycles. The summed E-state index contributed by atoms with van der Waals surface area (Å²) in [6, 6.07) is 15.2. The molecule has 0 aliphatic heterocycles. The smallest absolute Gasteiger partial charge is 0.335 e. The first-order valence-electron chi connectivity index (χ1n) is 12.2. The van der Waals surface area contributed by atoms with Gasteiger partial charge in [-0.25, -0.2) is 4.79 Å². The first-order valence-corrected chi connectivity index (χ1v) is 12.2. The summed E-state index contributed by atoms with van der Waals surface area (Å²) in [4.78, 5) is 15.4. The van der Waals surface area contributed by atoms with Crippen LogP contribution in [0.2, 0.25) is 0 Å². The van der Waals surface area contributed by atoms with Crippen molar-refractivity contribution in [2.75, 3.05) is 0 Å². The van der Waals surface area contributed by atoms with Crippen molar-refractivity contribution in [1.29, 1.82) is 0 Å². The monoisotopic (exact) mass is 421 g/mol. The first kappa shape index (κ1) is 24.8. The number of hydrogen-bond donors (Lipinski definition) is 1. The average molecular weight is 422 g/mol. The lowest BCUT2D eigenvalue weighted by Gasteiger charge is -2.04. The van der Waals surface area contributed by atoms with Gasteiger partial charge < -0.3 is 5.11 Å². The Balaban J connectivity index is 1.55. The molecule has 3 nitrogen and oxygen atoms in total. The number of unbranched alkanes of at least 4 members (excludes halogenated alkanes) is 11. The zero-order valence-electron chi connectivity index (χ0n) is 19.2. The van der Waals surface area contributed by atoms with E-state index in [1.54, 1.807) is 30.5 Å². The molecule has 1 N–H and O–H groups in total. The maximum absolute atomic E-state index is 10.9. The molecular formula is C28H39NO2. The number of carboxylic acid groups (broad SMARTS) is 1. The van der Waals surface area contributed by atoms with Crippen LogP contribution in [0.25, 0.3) is 0 Å². The van der Waals surface area contributed by atoms with E-state index in [-0.39, 0.29) is 0 Å². The molecule has 0 saturated heterocycles. The van der Waals surface area contributed by atoms with Gasteiger partial charge in [-0.1, -0.05) is 102 Å². The molecular weight excluding hydrogens is 382 g/mol. The van der Waals surface area contributed by atoms with Crippen LogP contribution in [0.15, 0.2) is 53.5 Å². The number of hydrogen-bond acceptors (Lipinski definition) is 2. The second kappa shape index (κ2) is 15.4. The highest BCUT2D eigenvalue weighted by Gasteiger charge is 2.00. The molecule has 0 aromatic heterocycles. The number of carbonyl (C=O) groups is 1. The summed E-state index contributed by atoms with van der Waals surface area (Å²) in [6.45, 7) is 2.28. The molecule has 0 spiro atoms. The van der Waals surface area contributed by atoms with Gasteiger partial charge in [0.15, 0.2) is 0 Å². The van der Waals surface area contributed by atoms with Crippen molar-refractivity contribution in [3.8, 4) is 0 Å². The fourth-order valence-corrected chi connectivity index (χ4v) is 3.78. The second-order valence-corrected chi connectivity index (χ2v) is 8.49. The average Bonchev–Trinajstić information content (AvgIpc) is 2.79. The molecule has 0 fully saturated rings. The highest BCUT2D eigenvalue weighted by molar-refractivity contribution is 5.89. The predicted octanol–water partition coefficient (Wildman–Crippen LogP) is 8.38. The summed E-state index contributed by atoms with van der Waals surface area (Å²) in [5, 5.41) is 8.94. The van der Waals surface area contributed by atoms with Gasteiger partial charge in [0.25, 0.3) is 0 Å². The van der Waals surface area contributed by atoms with Crippen LogP contribution < -0.4 is 0 Å². The normalized spacial score (nSPS) is 11.3. The second-order valence-electron chi connectivity index (χ2n) is 8.49. The van der Waals surface area contributed by atoms with Gasteiger partial charge in [-0.3, -0.25) is 4.99 Å². The molecule has 168 valence electrons. The van der Waals surface area contributed by atoms with Crippen molar-refractivity contribution in [1.82, 2.24) is 0 Å². The molecule has 0 aliphatic rings. The number of carboxylic acids is 1. The Labute approximate surface area is 188 Å². The summed E-state index contributed by atoms with van der Waals surface area (Å²) >= 11 is 0. The lowest BCUT2D eigenvalue weighted by Crippen LogP contribution is -1.95. The molecule has 0 unspecified atom stereocenters. The Bertz CT molecular complexity index is 763. The van der Waals surface area contributed by atoms with E-state index in [1.807, 2.05) is 0 Å². The van der Waals surface area contributed by atoms with E-state index in [0.717, 1.165) is 17.7 Å². The molecule has 0 atom stereocenters. The maximum atomic E-state index is 10.9. The minimum Gasteiger partial charge on any atom is -0.478 e. The van der Waals surface area contributed by atoms with Crippen LogP contribution in [0.3, 0.4) is 0 Å². The molecule has 0 saturated carbocycles. The van der Waals surface area contributed by atoms with Gasteiger partial charge in [0, 0.05) is 6.21 Å². The zero-order chi connectivity index (χ0) is 22.2. The number of rotatable bonds is 16. The fraction of sp³-hybridized carbons (Fsp3) is 0.500. The van der Waals surface area contributed by atoms with Crippen LogP contribution in [-0.4, -0.2) is 17.3 Å². The third kappa shape index (κ3) is 11.0. The molecule has 31 heavy (non-hydrogen) atoms. The van der Waals surface area contributed by atoms with Crippen molar-refractivity contribution >= 4 is 17.9 Å². The van der Waals surface area contributed by atoms with Gasteiger partial charge in [0.05, 0.1) is 11.3 Å². The lowest BCUT2D eigenvalue weighted by molar-refractivity contribution is 0.0697. The summed E-state index contributed by atoms with van der Waals surface area (Å²) in [5.74, 6) is -0.910. The van der Waals surface area contributed by atoms with E-state index in [0.29, 0.717) is 5.56 Å². The Hall–Kier alpha value is -2.42. The van der Waals surface area contributed by atoms with E-state index in [4.69, 9.17) is 5.11 Å².